The topological polar surface area (TPSA) is 32.3 Å². The molecule has 110 valence electrons. The fourth-order valence-corrected chi connectivity index (χ4v) is 3.47. The molecule has 0 saturated carbocycles. The average Bonchev–Trinajstić information content (AvgIpc) is 2.82. The maximum absolute atomic E-state index is 12.5. The Bertz CT molecular complexity index is 487. The van der Waals surface area contributed by atoms with E-state index in [0.717, 1.165) is 32.6 Å². The monoisotopic (exact) mass is 314 g/mol. The molecule has 1 aromatic carbocycles. The van der Waals surface area contributed by atoms with Crippen LogP contribution in [0.5, 0.6) is 0 Å². The van der Waals surface area contributed by atoms with Gasteiger partial charge in [-0.05, 0) is 56.0 Å². The number of amides is 1. The molecular weight excluding hydrogens is 295 g/mol. The van der Waals surface area contributed by atoms with E-state index in [-0.39, 0.29) is 18.3 Å². The molecule has 5 heteroatoms. The maximum atomic E-state index is 12.5. The van der Waals surface area contributed by atoms with E-state index in [9.17, 15) is 4.79 Å². The Balaban J connectivity index is 0.00000147. The van der Waals surface area contributed by atoms with Crippen molar-refractivity contribution in [3.05, 3.63) is 34.9 Å². The Morgan fingerprint density at radius 3 is 2.70 bits per heavy atom. The molecule has 0 unspecified atom stereocenters. The number of nitrogens with one attached hydrogen (secondary N) is 1. The number of benzene rings is 1. The Hall–Kier alpha value is -0.770. The molecule has 1 aromatic rings. The van der Waals surface area contributed by atoms with E-state index < -0.39 is 0 Å². The summed E-state index contributed by atoms with van der Waals surface area (Å²) in [4.78, 5) is 14.5. The van der Waals surface area contributed by atoms with E-state index in [1.807, 2.05) is 17.0 Å². The lowest BCUT2D eigenvalue weighted by molar-refractivity contribution is 0.0762. The normalized spacial score (nSPS) is 20.8. The minimum absolute atomic E-state index is 0. The lowest BCUT2D eigenvalue weighted by Crippen LogP contribution is -2.39. The van der Waals surface area contributed by atoms with Gasteiger partial charge in [-0.25, -0.2) is 0 Å². The van der Waals surface area contributed by atoms with E-state index in [4.69, 9.17) is 11.6 Å². The fourth-order valence-electron chi connectivity index (χ4n) is 3.28. The zero-order chi connectivity index (χ0) is 13.3. The van der Waals surface area contributed by atoms with Crippen LogP contribution in [0.2, 0.25) is 5.02 Å². The second-order valence-corrected chi connectivity index (χ2v) is 6.17. The molecule has 3 rings (SSSR count). The van der Waals surface area contributed by atoms with E-state index in [1.54, 1.807) is 12.1 Å². The standard InChI is InChI=1S/C15H19ClN2O.ClH/c16-13-3-1-2-12(10-13)14(19)18-9-6-15(11-18)4-7-17-8-5-15;/h1-3,10,17H,4-9,11H2;1H. The zero-order valence-electron chi connectivity index (χ0n) is 11.4. The summed E-state index contributed by atoms with van der Waals surface area (Å²) in [7, 11) is 0. The molecule has 2 saturated heterocycles. The first-order chi connectivity index (χ1) is 9.19. The Morgan fingerprint density at radius 2 is 2.00 bits per heavy atom. The third-order valence-electron chi connectivity index (χ3n) is 4.46. The van der Waals surface area contributed by atoms with Gasteiger partial charge in [0.05, 0.1) is 0 Å². The van der Waals surface area contributed by atoms with Crippen LogP contribution in [0, 0.1) is 5.41 Å². The van der Waals surface area contributed by atoms with Crippen LogP contribution in [0.25, 0.3) is 0 Å². The molecule has 0 radical (unpaired) electrons. The summed E-state index contributed by atoms with van der Waals surface area (Å²) in [5.74, 6) is 0.123. The molecule has 0 aliphatic carbocycles. The van der Waals surface area contributed by atoms with Crippen molar-refractivity contribution in [3.63, 3.8) is 0 Å². The molecule has 2 heterocycles. The van der Waals surface area contributed by atoms with Gasteiger partial charge in [0, 0.05) is 23.7 Å². The lowest BCUT2D eigenvalue weighted by atomic mass is 9.78. The summed E-state index contributed by atoms with van der Waals surface area (Å²) in [6.07, 6.45) is 3.51. The second-order valence-electron chi connectivity index (χ2n) is 5.74. The summed E-state index contributed by atoms with van der Waals surface area (Å²) in [6, 6.07) is 7.25. The van der Waals surface area contributed by atoms with Gasteiger partial charge in [-0.2, -0.15) is 0 Å². The van der Waals surface area contributed by atoms with Gasteiger partial charge < -0.3 is 10.2 Å². The highest BCUT2D eigenvalue weighted by molar-refractivity contribution is 6.30. The summed E-state index contributed by atoms with van der Waals surface area (Å²) in [5.41, 5.74) is 1.07. The van der Waals surface area contributed by atoms with Crippen molar-refractivity contribution in [2.75, 3.05) is 26.2 Å². The summed E-state index contributed by atoms with van der Waals surface area (Å²) in [6.45, 7) is 3.95. The van der Waals surface area contributed by atoms with E-state index in [0.29, 0.717) is 16.0 Å². The molecule has 2 aliphatic heterocycles. The van der Waals surface area contributed by atoms with E-state index >= 15 is 0 Å². The molecule has 1 N–H and O–H groups in total. The quantitative estimate of drug-likeness (QED) is 0.864. The number of hydrogen-bond donors (Lipinski definition) is 1. The SMILES string of the molecule is Cl.O=C(c1cccc(Cl)c1)N1CCC2(CCNCC2)C1. The van der Waals surface area contributed by atoms with Gasteiger partial charge in [0.2, 0.25) is 0 Å². The zero-order valence-corrected chi connectivity index (χ0v) is 13.0. The maximum Gasteiger partial charge on any atom is 0.253 e. The van der Waals surface area contributed by atoms with Gasteiger partial charge in [0.15, 0.2) is 0 Å². The number of nitrogens with zero attached hydrogens (tertiary/aromatic N) is 1. The minimum Gasteiger partial charge on any atom is -0.338 e. The van der Waals surface area contributed by atoms with Crippen molar-refractivity contribution in [3.8, 4) is 0 Å². The van der Waals surface area contributed by atoms with Crippen LogP contribution in [-0.2, 0) is 0 Å². The number of hydrogen-bond acceptors (Lipinski definition) is 2. The Labute approximate surface area is 131 Å². The van der Waals surface area contributed by atoms with Crippen molar-refractivity contribution < 1.29 is 4.79 Å². The van der Waals surface area contributed by atoms with Crippen LogP contribution in [0.15, 0.2) is 24.3 Å². The molecule has 1 spiro atoms. The molecule has 0 aromatic heterocycles. The first kappa shape index (κ1) is 15.6. The van der Waals surface area contributed by atoms with Gasteiger partial charge in [0.25, 0.3) is 5.91 Å². The van der Waals surface area contributed by atoms with Gasteiger partial charge in [0.1, 0.15) is 0 Å². The minimum atomic E-state index is 0. The molecule has 20 heavy (non-hydrogen) atoms. The van der Waals surface area contributed by atoms with Crippen molar-refractivity contribution >= 4 is 29.9 Å². The Morgan fingerprint density at radius 1 is 1.25 bits per heavy atom. The van der Waals surface area contributed by atoms with Crippen molar-refractivity contribution in [2.24, 2.45) is 5.41 Å². The lowest BCUT2D eigenvalue weighted by Gasteiger charge is -2.33. The van der Waals surface area contributed by atoms with Gasteiger partial charge in [-0.15, -0.1) is 12.4 Å². The predicted octanol–water partition coefficient (Wildman–Crippen LogP) is 2.98. The molecule has 0 bridgehead atoms. The smallest absolute Gasteiger partial charge is 0.253 e. The molecule has 0 atom stereocenters. The largest absolute Gasteiger partial charge is 0.338 e. The number of rotatable bonds is 1. The van der Waals surface area contributed by atoms with Crippen LogP contribution in [-0.4, -0.2) is 37.0 Å². The molecule has 2 fully saturated rings. The molecular formula is C15H20Cl2N2O. The van der Waals surface area contributed by atoms with E-state index in [2.05, 4.69) is 5.32 Å². The van der Waals surface area contributed by atoms with Crippen LogP contribution in [0.4, 0.5) is 0 Å². The van der Waals surface area contributed by atoms with Gasteiger partial charge in [-0.3, -0.25) is 4.79 Å². The average molecular weight is 315 g/mol. The highest BCUT2D eigenvalue weighted by Gasteiger charge is 2.40. The fraction of sp³-hybridized carbons (Fsp3) is 0.533. The predicted molar refractivity (Wildman–Crippen MR) is 83.8 cm³/mol. The summed E-state index contributed by atoms with van der Waals surface area (Å²) < 4.78 is 0. The number of piperidine rings is 1. The van der Waals surface area contributed by atoms with Crippen molar-refractivity contribution in [2.45, 2.75) is 19.3 Å². The summed E-state index contributed by atoms with van der Waals surface area (Å²) in [5, 5.41) is 4.02. The van der Waals surface area contributed by atoms with Crippen LogP contribution < -0.4 is 5.32 Å². The highest BCUT2D eigenvalue weighted by atomic mass is 35.5. The third-order valence-corrected chi connectivity index (χ3v) is 4.70. The Kier molecular flexibility index (Phi) is 4.95. The molecule has 2 aliphatic rings. The van der Waals surface area contributed by atoms with Crippen LogP contribution >= 0.6 is 24.0 Å². The molecule has 1 amide bonds. The number of carbonyl (C=O) groups is 1. The number of carbonyl (C=O) groups excluding carboxylic acids is 1. The van der Waals surface area contributed by atoms with Crippen molar-refractivity contribution in [1.29, 1.82) is 0 Å². The number of halogens is 2. The summed E-state index contributed by atoms with van der Waals surface area (Å²) >= 11 is 5.96. The third kappa shape index (κ3) is 3.11. The van der Waals surface area contributed by atoms with E-state index in [1.165, 1.54) is 12.8 Å². The van der Waals surface area contributed by atoms with Crippen molar-refractivity contribution in [1.82, 2.24) is 10.2 Å². The molecule has 3 nitrogen and oxygen atoms in total. The first-order valence-corrected chi connectivity index (χ1v) is 7.32. The first-order valence-electron chi connectivity index (χ1n) is 6.94. The van der Waals surface area contributed by atoms with Gasteiger partial charge >= 0.3 is 0 Å². The second kappa shape index (κ2) is 6.33. The van der Waals surface area contributed by atoms with Gasteiger partial charge in [-0.1, -0.05) is 17.7 Å². The highest BCUT2D eigenvalue weighted by Crippen LogP contribution is 2.39. The van der Waals surface area contributed by atoms with Crippen LogP contribution in [0.1, 0.15) is 29.6 Å². The van der Waals surface area contributed by atoms with Crippen LogP contribution in [0.3, 0.4) is 0 Å². The number of likely N-dealkylation sites (tertiary alicyclic amines) is 1.